The third-order valence-electron chi connectivity index (χ3n) is 9.55. The summed E-state index contributed by atoms with van der Waals surface area (Å²) < 4.78 is 0. The van der Waals surface area contributed by atoms with Crippen LogP contribution in [-0.4, -0.2) is 10.7 Å². The van der Waals surface area contributed by atoms with Gasteiger partial charge in [0.2, 0.25) is 0 Å². The van der Waals surface area contributed by atoms with Gasteiger partial charge in [0.25, 0.3) is 0 Å². The van der Waals surface area contributed by atoms with Crippen LogP contribution >= 0.6 is 0 Å². The Kier molecular flexibility index (Phi) is 3.82. The third-order valence-corrected chi connectivity index (χ3v) is 9.55. The Bertz CT molecular complexity index is 534. The largest absolute Gasteiger partial charge is 0.390 e. The van der Waals surface area contributed by atoms with E-state index in [1.807, 2.05) is 0 Å². The zero-order valence-electron chi connectivity index (χ0n) is 16.4. The smallest absolute Gasteiger partial charge is 0.0622 e. The molecule has 0 unspecified atom stereocenters. The molecule has 4 aliphatic carbocycles. The highest BCUT2D eigenvalue weighted by atomic mass is 16.3. The van der Waals surface area contributed by atoms with Crippen LogP contribution < -0.4 is 0 Å². The van der Waals surface area contributed by atoms with Gasteiger partial charge in [0, 0.05) is 0 Å². The van der Waals surface area contributed by atoms with E-state index in [0.717, 1.165) is 42.4 Å². The first-order chi connectivity index (χ1) is 11.2. The molecule has 4 aliphatic rings. The second-order valence-electron chi connectivity index (χ2n) is 10.9. The van der Waals surface area contributed by atoms with E-state index in [4.69, 9.17) is 0 Å². The second-order valence-corrected chi connectivity index (χ2v) is 10.9. The molecule has 0 aromatic rings. The van der Waals surface area contributed by atoms with E-state index >= 15 is 0 Å². The summed E-state index contributed by atoms with van der Waals surface area (Å²) in [7, 11) is 0. The van der Waals surface area contributed by atoms with Crippen LogP contribution in [0, 0.1) is 40.4 Å². The molecule has 0 radical (unpaired) electrons. The number of aliphatic hydroxyl groups is 1. The highest BCUT2D eigenvalue weighted by Gasteiger charge is 2.60. The van der Waals surface area contributed by atoms with Crippen molar-refractivity contribution in [3.05, 3.63) is 12.2 Å². The van der Waals surface area contributed by atoms with Gasteiger partial charge in [0.05, 0.1) is 5.60 Å². The molecule has 0 aromatic carbocycles. The molecule has 0 aliphatic heterocycles. The first-order valence-electron chi connectivity index (χ1n) is 10.6. The van der Waals surface area contributed by atoms with Gasteiger partial charge in [0.1, 0.15) is 0 Å². The summed E-state index contributed by atoms with van der Waals surface area (Å²) in [5.41, 5.74) is 2.05. The quantitative estimate of drug-likeness (QED) is 0.587. The first kappa shape index (κ1) is 17.1. The van der Waals surface area contributed by atoms with Crippen molar-refractivity contribution < 1.29 is 5.11 Å². The van der Waals surface area contributed by atoms with Crippen molar-refractivity contribution in [3.63, 3.8) is 0 Å². The van der Waals surface area contributed by atoms with E-state index in [9.17, 15) is 5.11 Å². The molecule has 0 heterocycles. The molecule has 0 aromatic heterocycles. The lowest BCUT2D eigenvalue weighted by molar-refractivity contribution is -0.144. The zero-order chi connectivity index (χ0) is 17.3. The lowest BCUT2D eigenvalue weighted by Crippen LogP contribution is -2.55. The maximum Gasteiger partial charge on any atom is 0.0622 e. The molecule has 1 heteroatoms. The summed E-state index contributed by atoms with van der Waals surface area (Å²) in [5.74, 6) is 4.30. The summed E-state index contributed by atoms with van der Waals surface area (Å²) in [6, 6.07) is 0. The van der Waals surface area contributed by atoms with E-state index in [0.29, 0.717) is 10.8 Å². The van der Waals surface area contributed by atoms with Crippen molar-refractivity contribution in [2.45, 2.75) is 91.1 Å². The molecule has 4 rings (SSSR count). The van der Waals surface area contributed by atoms with E-state index in [-0.39, 0.29) is 0 Å². The van der Waals surface area contributed by atoms with Crippen LogP contribution in [0.4, 0.5) is 0 Å². The monoisotopic (exact) mass is 330 g/mol. The van der Waals surface area contributed by atoms with E-state index < -0.39 is 5.60 Å². The van der Waals surface area contributed by atoms with Crippen molar-refractivity contribution in [1.29, 1.82) is 0 Å². The van der Waals surface area contributed by atoms with Crippen molar-refractivity contribution in [1.82, 2.24) is 0 Å². The third kappa shape index (κ3) is 2.29. The molecule has 1 nitrogen and oxygen atoms in total. The molecule has 4 saturated carbocycles. The number of fused-ring (bicyclic) bond motifs is 5. The first-order valence-corrected chi connectivity index (χ1v) is 10.6. The van der Waals surface area contributed by atoms with Gasteiger partial charge in [-0.3, -0.25) is 0 Å². The van der Waals surface area contributed by atoms with E-state index in [1.165, 1.54) is 50.5 Å². The molecular weight excluding hydrogens is 292 g/mol. The SMILES string of the molecule is C=C(C)[C@H]1CC[C@H]2[C@@H]3CC[C@@H]4C[C@@](C)(O)CC[C@]4(C)[C@H]3CC[C@]12C. The zero-order valence-corrected chi connectivity index (χ0v) is 16.4. The minimum Gasteiger partial charge on any atom is -0.390 e. The minimum absolute atomic E-state index is 0.404. The fourth-order valence-corrected chi connectivity index (χ4v) is 8.24. The van der Waals surface area contributed by atoms with Crippen LogP contribution in [0.1, 0.15) is 85.5 Å². The summed E-state index contributed by atoms with van der Waals surface area (Å²) >= 11 is 0. The molecule has 136 valence electrons. The van der Waals surface area contributed by atoms with E-state index in [2.05, 4.69) is 34.3 Å². The molecule has 8 atom stereocenters. The average Bonchev–Trinajstić information content (AvgIpc) is 2.85. The maximum absolute atomic E-state index is 10.6. The summed E-state index contributed by atoms with van der Waals surface area (Å²) in [6.45, 7) is 13.9. The fourth-order valence-electron chi connectivity index (χ4n) is 8.24. The van der Waals surface area contributed by atoms with Gasteiger partial charge in [-0.25, -0.2) is 0 Å². The van der Waals surface area contributed by atoms with Crippen molar-refractivity contribution in [3.8, 4) is 0 Å². The van der Waals surface area contributed by atoms with Crippen LogP contribution in [0.25, 0.3) is 0 Å². The molecular formula is C23H38O. The van der Waals surface area contributed by atoms with Crippen LogP contribution in [0.2, 0.25) is 0 Å². The van der Waals surface area contributed by atoms with Crippen LogP contribution in [-0.2, 0) is 0 Å². The number of hydrogen-bond acceptors (Lipinski definition) is 1. The predicted octanol–water partition coefficient (Wildman–Crippen LogP) is 5.97. The number of rotatable bonds is 1. The fraction of sp³-hybridized carbons (Fsp3) is 0.913. The number of hydrogen-bond donors (Lipinski definition) is 1. The molecule has 24 heavy (non-hydrogen) atoms. The normalized spacial score (nSPS) is 57.0. The topological polar surface area (TPSA) is 20.2 Å². The van der Waals surface area contributed by atoms with Gasteiger partial charge < -0.3 is 5.11 Å². The lowest BCUT2D eigenvalue weighted by atomic mass is 9.44. The Morgan fingerprint density at radius 3 is 2.29 bits per heavy atom. The highest BCUT2D eigenvalue weighted by molar-refractivity contribution is 5.15. The van der Waals surface area contributed by atoms with Gasteiger partial charge in [-0.05, 0) is 112 Å². The van der Waals surface area contributed by atoms with E-state index in [1.54, 1.807) is 0 Å². The molecule has 4 fully saturated rings. The van der Waals surface area contributed by atoms with Crippen LogP contribution in [0.15, 0.2) is 12.2 Å². The Morgan fingerprint density at radius 1 is 0.875 bits per heavy atom. The molecule has 0 saturated heterocycles. The van der Waals surface area contributed by atoms with Gasteiger partial charge in [-0.2, -0.15) is 0 Å². The summed E-state index contributed by atoms with van der Waals surface area (Å²) in [5, 5.41) is 10.6. The Hall–Kier alpha value is -0.300. The minimum atomic E-state index is -0.404. The number of allylic oxidation sites excluding steroid dienone is 1. The molecule has 0 spiro atoms. The Morgan fingerprint density at radius 2 is 1.58 bits per heavy atom. The molecule has 0 bridgehead atoms. The lowest BCUT2D eigenvalue weighted by Gasteiger charge is -2.62. The Labute approximate surface area is 149 Å². The second kappa shape index (κ2) is 5.35. The van der Waals surface area contributed by atoms with Gasteiger partial charge in [-0.15, -0.1) is 0 Å². The van der Waals surface area contributed by atoms with Gasteiger partial charge >= 0.3 is 0 Å². The standard InChI is InChI=1S/C23H38O/c1-15(2)18-8-9-19-17-7-6-16-14-21(3,24)12-13-22(16,4)20(17)10-11-23(18,19)5/h16-20,24H,1,6-14H2,2-5H3/t16-,17+,18-,19+,20+,21+,22+,23-/m1/s1. The summed E-state index contributed by atoms with van der Waals surface area (Å²) in [4.78, 5) is 0. The van der Waals surface area contributed by atoms with Crippen molar-refractivity contribution >= 4 is 0 Å². The van der Waals surface area contributed by atoms with Gasteiger partial charge in [-0.1, -0.05) is 26.0 Å². The maximum atomic E-state index is 10.6. The van der Waals surface area contributed by atoms with Gasteiger partial charge in [0.15, 0.2) is 0 Å². The van der Waals surface area contributed by atoms with Crippen LogP contribution in [0.3, 0.4) is 0 Å². The van der Waals surface area contributed by atoms with Crippen LogP contribution in [0.5, 0.6) is 0 Å². The molecule has 1 N–H and O–H groups in total. The van der Waals surface area contributed by atoms with Crippen molar-refractivity contribution in [2.24, 2.45) is 40.4 Å². The Balaban J connectivity index is 1.61. The highest BCUT2D eigenvalue weighted by Crippen LogP contribution is 2.68. The summed E-state index contributed by atoms with van der Waals surface area (Å²) in [6.07, 6.45) is 11.7. The average molecular weight is 331 g/mol. The predicted molar refractivity (Wildman–Crippen MR) is 101 cm³/mol. The van der Waals surface area contributed by atoms with Crippen molar-refractivity contribution in [2.75, 3.05) is 0 Å². The molecule has 0 amide bonds.